The number of nitrogens with zero attached hydrogens (tertiary/aromatic N) is 2. The molecule has 1 atom stereocenters. The van der Waals surface area contributed by atoms with E-state index in [0.29, 0.717) is 28.2 Å². The lowest BCUT2D eigenvalue weighted by atomic mass is 10.1. The summed E-state index contributed by atoms with van der Waals surface area (Å²) in [7, 11) is 3.16. The van der Waals surface area contributed by atoms with E-state index >= 15 is 0 Å². The van der Waals surface area contributed by atoms with Crippen LogP contribution in [0, 0.1) is 0 Å². The van der Waals surface area contributed by atoms with Crippen molar-refractivity contribution in [3.63, 3.8) is 0 Å². The Labute approximate surface area is 172 Å². The minimum absolute atomic E-state index is 0.0505. The number of hydrogen-bond acceptors (Lipinski definition) is 7. The average Bonchev–Trinajstić information content (AvgIpc) is 3.46. The van der Waals surface area contributed by atoms with Crippen molar-refractivity contribution >= 4 is 17.7 Å². The summed E-state index contributed by atoms with van der Waals surface area (Å²) in [6, 6.07) is 15.2. The summed E-state index contributed by atoms with van der Waals surface area (Å²) in [5.74, 6) is 1.50. The van der Waals surface area contributed by atoms with E-state index in [1.807, 2.05) is 30.3 Å². The fraction of sp³-hybridized carbons (Fsp3) is 0.286. The molecular formula is C21H21N3O4S. The van der Waals surface area contributed by atoms with Gasteiger partial charge in [-0.15, -0.1) is 10.2 Å². The van der Waals surface area contributed by atoms with Gasteiger partial charge in [-0.2, -0.15) is 0 Å². The summed E-state index contributed by atoms with van der Waals surface area (Å²) in [6.45, 7) is 0. The molecule has 7 nitrogen and oxygen atoms in total. The van der Waals surface area contributed by atoms with Crippen molar-refractivity contribution in [2.24, 2.45) is 0 Å². The standard InChI is InChI=1S/C21H21N3O4S/c1-26-15-10-11-16(17(12-15)27-2)20-23-24-21(28-20)29-18(13-6-4-3-5-7-13)19(25)22-14-8-9-14/h3-7,10-12,14,18H,8-9H2,1-2H3,(H,22,25)/t18-/m1/s1. The summed E-state index contributed by atoms with van der Waals surface area (Å²) in [6.07, 6.45) is 2.06. The van der Waals surface area contributed by atoms with Crippen molar-refractivity contribution in [3.05, 3.63) is 54.1 Å². The number of aromatic nitrogens is 2. The number of hydrogen-bond donors (Lipinski definition) is 1. The van der Waals surface area contributed by atoms with Crippen molar-refractivity contribution in [1.82, 2.24) is 15.5 Å². The Morgan fingerprint density at radius 2 is 1.93 bits per heavy atom. The largest absolute Gasteiger partial charge is 0.497 e. The van der Waals surface area contributed by atoms with Crippen LogP contribution in [0.2, 0.25) is 0 Å². The molecule has 0 saturated heterocycles. The second-order valence-corrected chi connectivity index (χ2v) is 7.69. The normalized spacial score (nSPS) is 14.3. The van der Waals surface area contributed by atoms with Crippen LogP contribution < -0.4 is 14.8 Å². The van der Waals surface area contributed by atoms with Crippen LogP contribution in [0.5, 0.6) is 11.5 Å². The van der Waals surface area contributed by atoms with E-state index in [9.17, 15) is 4.79 Å². The number of thioether (sulfide) groups is 1. The summed E-state index contributed by atoms with van der Waals surface area (Å²) in [5.41, 5.74) is 1.55. The molecule has 1 fully saturated rings. The number of carbonyl (C=O) groups is 1. The number of rotatable bonds is 8. The Morgan fingerprint density at radius 3 is 2.62 bits per heavy atom. The molecule has 0 aliphatic heterocycles. The van der Waals surface area contributed by atoms with Crippen LogP contribution in [0.1, 0.15) is 23.7 Å². The Hall–Kier alpha value is -3.00. The van der Waals surface area contributed by atoms with E-state index in [4.69, 9.17) is 13.9 Å². The van der Waals surface area contributed by atoms with Gasteiger partial charge in [0.1, 0.15) is 16.7 Å². The lowest BCUT2D eigenvalue weighted by Crippen LogP contribution is -2.29. The van der Waals surface area contributed by atoms with Crippen molar-refractivity contribution in [2.45, 2.75) is 29.4 Å². The molecule has 0 spiro atoms. The third-order valence-electron chi connectivity index (χ3n) is 4.53. The van der Waals surface area contributed by atoms with Gasteiger partial charge in [-0.05, 0) is 42.3 Å². The average molecular weight is 411 g/mol. The van der Waals surface area contributed by atoms with E-state index in [1.54, 1.807) is 32.4 Å². The maximum absolute atomic E-state index is 12.8. The Morgan fingerprint density at radius 1 is 1.14 bits per heavy atom. The topological polar surface area (TPSA) is 86.5 Å². The van der Waals surface area contributed by atoms with E-state index in [0.717, 1.165) is 18.4 Å². The van der Waals surface area contributed by atoms with Gasteiger partial charge >= 0.3 is 0 Å². The second-order valence-electron chi connectivity index (χ2n) is 6.63. The zero-order valence-corrected chi connectivity index (χ0v) is 16.9. The van der Waals surface area contributed by atoms with Gasteiger partial charge in [-0.1, -0.05) is 30.3 Å². The molecule has 0 radical (unpaired) electrons. The minimum Gasteiger partial charge on any atom is -0.497 e. The van der Waals surface area contributed by atoms with Crippen LogP contribution in [0.15, 0.2) is 58.2 Å². The number of methoxy groups -OCH3 is 2. The molecule has 1 saturated carbocycles. The molecule has 1 N–H and O–H groups in total. The van der Waals surface area contributed by atoms with Crippen molar-refractivity contribution in [3.8, 4) is 23.0 Å². The summed E-state index contributed by atoms with van der Waals surface area (Å²) in [4.78, 5) is 12.8. The highest BCUT2D eigenvalue weighted by atomic mass is 32.2. The number of carbonyl (C=O) groups excluding carboxylic acids is 1. The molecule has 150 valence electrons. The summed E-state index contributed by atoms with van der Waals surface area (Å²) in [5, 5.41) is 11.2. The second kappa shape index (κ2) is 8.57. The van der Waals surface area contributed by atoms with E-state index in [-0.39, 0.29) is 11.9 Å². The fourth-order valence-corrected chi connectivity index (χ4v) is 3.73. The molecule has 8 heteroatoms. The zero-order valence-electron chi connectivity index (χ0n) is 16.1. The first-order valence-corrected chi connectivity index (χ1v) is 10.1. The first kappa shape index (κ1) is 19.3. The van der Waals surface area contributed by atoms with Crippen LogP contribution in [0.4, 0.5) is 0 Å². The van der Waals surface area contributed by atoms with Crippen molar-refractivity contribution < 1.29 is 18.7 Å². The molecule has 1 amide bonds. The maximum atomic E-state index is 12.8. The van der Waals surface area contributed by atoms with Crippen LogP contribution >= 0.6 is 11.8 Å². The highest BCUT2D eigenvalue weighted by Gasteiger charge is 2.30. The van der Waals surface area contributed by atoms with E-state index in [2.05, 4.69) is 15.5 Å². The van der Waals surface area contributed by atoms with Crippen molar-refractivity contribution in [2.75, 3.05) is 14.2 Å². The first-order chi connectivity index (χ1) is 14.2. The predicted octanol–water partition coefficient (Wildman–Crippen LogP) is 3.87. The molecule has 1 aromatic heterocycles. The van der Waals surface area contributed by atoms with Gasteiger partial charge in [0.15, 0.2) is 0 Å². The lowest BCUT2D eigenvalue weighted by molar-refractivity contribution is -0.120. The maximum Gasteiger partial charge on any atom is 0.277 e. The van der Waals surface area contributed by atoms with Crippen LogP contribution in [-0.4, -0.2) is 36.4 Å². The smallest absolute Gasteiger partial charge is 0.277 e. The van der Waals surface area contributed by atoms with Gasteiger partial charge in [0.25, 0.3) is 11.1 Å². The SMILES string of the molecule is COc1ccc(-c2nnc(S[C@@H](C(=O)NC3CC3)c3ccccc3)o2)c(OC)c1. The minimum atomic E-state index is -0.470. The fourth-order valence-electron chi connectivity index (χ4n) is 2.85. The monoisotopic (exact) mass is 411 g/mol. The summed E-state index contributed by atoms with van der Waals surface area (Å²) >= 11 is 1.24. The van der Waals surface area contributed by atoms with Gasteiger partial charge in [-0.3, -0.25) is 4.79 Å². The molecule has 3 aromatic rings. The number of ether oxygens (including phenoxy) is 2. The number of amides is 1. The Balaban J connectivity index is 1.58. The molecule has 1 heterocycles. The highest BCUT2D eigenvalue weighted by molar-refractivity contribution is 8.00. The predicted molar refractivity (Wildman–Crippen MR) is 109 cm³/mol. The third-order valence-corrected chi connectivity index (χ3v) is 5.62. The third kappa shape index (κ3) is 4.54. The molecule has 1 aliphatic carbocycles. The zero-order chi connectivity index (χ0) is 20.2. The van der Waals surface area contributed by atoms with Gasteiger partial charge in [0, 0.05) is 12.1 Å². The van der Waals surface area contributed by atoms with E-state index < -0.39 is 5.25 Å². The molecule has 29 heavy (non-hydrogen) atoms. The Kier molecular flexibility index (Phi) is 5.71. The first-order valence-electron chi connectivity index (χ1n) is 9.26. The summed E-state index contributed by atoms with van der Waals surface area (Å²) < 4.78 is 16.5. The molecular weight excluding hydrogens is 390 g/mol. The number of benzene rings is 2. The molecule has 0 bridgehead atoms. The molecule has 2 aromatic carbocycles. The molecule has 1 aliphatic rings. The van der Waals surface area contributed by atoms with Crippen LogP contribution in [0.3, 0.4) is 0 Å². The van der Waals surface area contributed by atoms with Crippen LogP contribution in [-0.2, 0) is 4.79 Å². The number of nitrogens with one attached hydrogen (secondary N) is 1. The van der Waals surface area contributed by atoms with Gasteiger partial charge in [-0.25, -0.2) is 0 Å². The highest BCUT2D eigenvalue weighted by Crippen LogP contribution is 2.38. The van der Waals surface area contributed by atoms with Gasteiger partial charge in [0.2, 0.25) is 5.91 Å². The van der Waals surface area contributed by atoms with Gasteiger partial charge < -0.3 is 19.2 Å². The van der Waals surface area contributed by atoms with Crippen molar-refractivity contribution in [1.29, 1.82) is 0 Å². The molecule has 4 rings (SSSR count). The van der Waals surface area contributed by atoms with Crippen LogP contribution in [0.25, 0.3) is 11.5 Å². The quantitative estimate of drug-likeness (QED) is 0.563. The van der Waals surface area contributed by atoms with Gasteiger partial charge in [0.05, 0.1) is 19.8 Å². The Bertz CT molecular complexity index is 989. The molecule has 0 unspecified atom stereocenters. The van der Waals surface area contributed by atoms with E-state index in [1.165, 1.54) is 11.8 Å². The lowest BCUT2D eigenvalue weighted by Gasteiger charge is -2.14.